The second kappa shape index (κ2) is 8.10. The normalized spacial score (nSPS) is 23.5. The molecule has 2 fully saturated rings. The average molecular weight is 342 g/mol. The lowest BCUT2D eigenvalue weighted by atomic mass is 9.97. The summed E-state index contributed by atoms with van der Waals surface area (Å²) in [5.41, 5.74) is 0. The van der Waals surface area contributed by atoms with Gasteiger partial charge in [-0.25, -0.2) is 9.78 Å². The minimum atomic E-state index is 0.107. The van der Waals surface area contributed by atoms with Gasteiger partial charge in [0.25, 0.3) is 0 Å². The Bertz CT molecular complexity index is 456. The first kappa shape index (κ1) is 16.0. The van der Waals surface area contributed by atoms with Crippen LogP contribution in [-0.4, -0.2) is 67.8 Å². The number of amides is 2. The van der Waals surface area contributed by atoms with E-state index in [1.165, 1.54) is 11.5 Å². The van der Waals surface area contributed by atoms with Crippen molar-refractivity contribution in [1.82, 2.24) is 25.0 Å². The van der Waals surface area contributed by atoms with E-state index in [-0.39, 0.29) is 6.03 Å². The molecule has 22 heavy (non-hydrogen) atoms. The van der Waals surface area contributed by atoms with Crippen LogP contribution in [0, 0.1) is 5.92 Å². The van der Waals surface area contributed by atoms with Crippen LogP contribution in [0.2, 0.25) is 0 Å². The Morgan fingerprint density at radius 3 is 2.86 bits per heavy atom. The lowest BCUT2D eigenvalue weighted by Crippen LogP contribution is -2.46. The molecule has 0 spiro atoms. The van der Waals surface area contributed by atoms with Crippen molar-refractivity contribution < 1.29 is 4.79 Å². The third-order valence-electron chi connectivity index (χ3n) is 4.18. The molecule has 0 aromatic carbocycles. The quantitative estimate of drug-likeness (QED) is 0.900. The minimum absolute atomic E-state index is 0.107. The Kier molecular flexibility index (Phi) is 5.89. The molecule has 0 bridgehead atoms. The number of nitrogens with zero attached hydrogens (tertiary/aromatic N) is 4. The molecule has 0 aliphatic carbocycles. The van der Waals surface area contributed by atoms with Crippen molar-refractivity contribution in [3.05, 3.63) is 12.7 Å². The third kappa shape index (κ3) is 4.55. The van der Waals surface area contributed by atoms with Gasteiger partial charge in [0.05, 0.1) is 0 Å². The molecule has 0 radical (unpaired) electrons. The van der Waals surface area contributed by atoms with Crippen molar-refractivity contribution in [3.8, 4) is 0 Å². The highest BCUT2D eigenvalue weighted by atomic mass is 32.2. The first-order chi connectivity index (χ1) is 10.8. The van der Waals surface area contributed by atoms with Gasteiger partial charge in [-0.05, 0) is 18.8 Å². The highest BCUT2D eigenvalue weighted by Crippen LogP contribution is 2.23. The van der Waals surface area contributed by atoms with Crippen molar-refractivity contribution in [2.24, 2.45) is 5.92 Å². The van der Waals surface area contributed by atoms with E-state index in [9.17, 15) is 4.79 Å². The summed E-state index contributed by atoms with van der Waals surface area (Å²) in [5.74, 6) is 4.20. The van der Waals surface area contributed by atoms with Crippen LogP contribution in [0.3, 0.4) is 0 Å². The largest absolute Gasteiger partial charge is 0.337 e. The maximum absolute atomic E-state index is 12.2. The summed E-state index contributed by atoms with van der Waals surface area (Å²) in [5, 5.41) is 7.84. The van der Waals surface area contributed by atoms with E-state index in [0.29, 0.717) is 11.2 Å². The van der Waals surface area contributed by atoms with Crippen LogP contribution in [-0.2, 0) is 6.54 Å². The third-order valence-corrected chi connectivity index (χ3v) is 7.02. The van der Waals surface area contributed by atoms with E-state index in [0.717, 1.165) is 44.8 Å². The Morgan fingerprint density at radius 1 is 1.32 bits per heavy atom. The number of piperidine rings is 1. The molecule has 122 valence electrons. The molecule has 2 amide bonds. The molecule has 8 heteroatoms. The number of aromatic nitrogens is 3. The maximum Gasteiger partial charge on any atom is 0.317 e. The standard InChI is InChI=1S/C14H23N5OS2/c20-14(16-7-13-9-21-5-6-22-13)18-3-1-12(2-4-18)8-19-11-15-10-17-19/h10-13H,1-9H2,(H,16,20). The van der Waals surface area contributed by atoms with Gasteiger partial charge in [-0.15, -0.1) is 0 Å². The van der Waals surface area contributed by atoms with E-state index in [4.69, 9.17) is 0 Å². The Morgan fingerprint density at radius 2 is 2.18 bits per heavy atom. The van der Waals surface area contributed by atoms with Gasteiger partial charge in [0, 0.05) is 48.7 Å². The summed E-state index contributed by atoms with van der Waals surface area (Å²) in [7, 11) is 0. The number of rotatable bonds is 4. The zero-order valence-corrected chi connectivity index (χ0v) is 14.3. The second-order valence-corrected chi connectivity index (χ2v) is 8.36. The molecule has 1 aromatic rings. The lowest BCUT2D eigenvalue weighted by Gasteiger charge is -2.32. The van der Waals surface area contributed by atoms with E-state index in [1.807, 2.05) is 33.1 Å². The monoisotopic (exact) mass is 341 g/mol. The number of hydrogen-bond donors (Lipinski definition) is 1. The van der Waals surface area contributed by atoms with Crippen molar-refractivity contribution >= 4 is 29.6 Å². The summed E-state index contributed by atoms with van der Waals surface area (Å²) in [4.78, 5) is 18.2. The van der Waals surface area contributed by atoms with Gasteiger partial charge in [0.2, 0.25) is 0 Å². The van der Waals surface area contributed by atoms with Crippen LogP contribution in [0.1, 0.15) is 12.8 Å². The van der Waals surface area contributed by atoms with Gasteiger partial charge in [-0.1, -0.05) is 0 Å². The SMILES string of the molecule is O=C(NCC1CSCCS1)N1CCC(Cn2cncn2)CC1. The molecule has 2 aliphatic rings. The van der Waals surface area contributed by atoms with E-state index in [1.54, 1.807) is 12.7 Å². The molecule has 2 aliphatic heterocycles. The Balaban J connectivity index is 1.36. The minimum Gasteiger partial charge on any atom is -0.337 e. The molecule has 1 N–H and O–H groups in total. The van der Waals surface area contributed by atoms with Gasteiger partial charge < -0.3 is 10.2 Å². The van der Waals surface area contributed by atoms with Gasteiger partial charge in [0.15, 0.2) is 0 Å². The molecule has 1 atom stereocenters. The highest BCUT2D eigenvalue weighted by Gasteiger charge is 2.24. The van der Waals surface area contributed by atoms with E-state index < -0.39 is 0 Å². The molecular weight excluding hydrogens is 318 g/mol. The van der Waals surface area contributed by atoms with Crippen molar-refractivity contribution in [2.75, 3.05) is 36.9 Å². The van der Waals surface area contributed by atoms with Gasteiger partial charge in [0.1, 0.15) is 12.7 Å². The zero-order chi connectivity index (χ0) is 15.2. The van der Waals surface area contributed by atoms with Crippen LogP contribution < -0.4 is 5.32 Å². The summed E-state index contributed by atoms with van der Waals surface area (Å²) >= 11 is 3.98. The smallest absolute Gasteiger partial charge is 0.317 e. The molecular formula is C14H23N5OS2. The summed E-state index contributed by atoms with van der Waals surface area (Å²) < 4.78 is 1.89. The Labute approximate surface area is 139 Å². The fourth-order valence-electron chi connectivity index (χ4n) is 2.88. The predicted octanol–water partition coefficient (Wildman–Crippen LogP) is 1.55. The van der Waals surface area contributed by atoms with Crippen LogP contribution in [0.25, 0.3) is 0 Å². The summed E-state index contributed by atoms with van der Waals surface area (Å²) in [6.45, 7) is 3.40. The van der Waals surface area contributed by atoms with Crippen LogP contribution in [0.4, 0.5) is 4.79 Å². The maximum atomic E-state index is 12.2. The second-order valence-electron chi connectivity index (χ2n) is 5.80. The van der Waals surface area contributed by atoms with Crippen LogP contribution >= 0.6 is 23.5 Å². The van der Waals surface area contributed by atoms with Crippen molar-refractivity contribution in [1.29, 1.82) is 0 Å². The van der Waals surface area contributed by atoms with Crippen LogP contribution in [0.15, 0.2) is 12.7 Å². The number of carbonyl (C=O) groups excluding carboxylic acids is 1. The van der Waals surface area contributed by atoms with Gasteiger partial charge in [-0.2, -0.15) is 28.6 Å². The molecule has 1 unspecified atom stereocenters. The van der Waals surface area contributed by atoms with Gasteiger partial charge in [-0.3, -0.25) is 4.68 Å². The van der Waals surface area contributed by atoms with Crippen molar-refractivity contribution in [2.45, 2.75) is 24.6 Å². The highest BCUT2D eigenvalue weighted by molar-refractivity contribution is 8.06. The number of thioether (sulfide) groups is 2. The summed E-state index contributed by atoms with van der Waals surface area (Å²) in [6.07, 6.45) is 5.42. The predicted molar refractivity (Wildman–Crippen MR) is 91.3 cm³/mol. The number of urea groups is 1. The van der Waals surface area contributed by atoms with E-state index in [2.05, 4.69) is 15.4 Å². The number of likely N-dealkylation sites (tertiary alicyclic amines) is 1. The fourth-order valence-corrected chi connectivity index (χ4v) is 5.49. The van der Waals surface area contributed by atoms with Crippen molar-refractivity contribution in [3.63, 3.8) is 0 Å². The number of hydrogen-bond acceptors (Lipinski definition) is 5. The van der Waals surface area contributed by atoms with Crippen LogP contribution in [0.5, 0.6) is 0 Å². The number of carbonyl (C=O) groups is 1. The fraction of sp³-hybridized carbons (Fsp3) is 0.786. The molecule has 6 nitrogen and oxygen atoms in total. The molecule has 1 aromatic heterocycles. The first-order valence-electron chi connectivity index (χ1n) is 7.86. The van der Waals surface area contributed by atoms with E-state index >= 15 is 0 Å². The molecule has 3 rings (SSSR count). The average Bonchev–Trinajstić information content (AvgIpc) is 3.07. The molecule has 2 saturated heterocycles. The molecule has 3 heterocycles. The lowest BCUT2D eigenvalue weighted by molar-refractivity contribution is 0.164. The Hall–Kier alpha value is -0.890. The topological polar surface area (TPSA) is 63.1 Å². The summed E-state index contributed by atoms with van der Waals surface area (Å²) in [6, 6.07) is 0.107. The zero-order valence-electron chi connectivity index (χ0n) is 12.7. The van der Waals surface area contributed by atoms with Gasteiger partial charge >= 0.3 is 6.03 Å². The number of nitrogens with one attached hydrogen (secondary N) is 1. The first-order valence-corrected chi connectivity index (χ1v) is 10.1. The molecule has 0 saturated carbocycles.